The van der Waals surface area contributed by atoms with Gasteiger partial charge in [0.25, 0.3) is 0 Å². The van der Waals surface area contributed by atoms with Gasteiger partial charge in [-0.2, -0.15) is 4.37 Å². The van der Waals surface area contributed by atoms with Crippen LogP contribution in [-0.4, -0.2) is 50.9 Å². The molecule has 3 amide bonds. The first-order chi connectivity index (χ1) is 14.3. The van der Waals surface area contributed by atoms with Gasteiger partial charge in [0.15, 0.2) is 0 Å². The number of carbonyl (C=O) groups excluding carboxylic acids is 3. The maximum atomic E-state index is 12.2. The Bertz CT molecular complexity index is 888. The second-order valence-electron chi connectivity index (χ2n) is 6.10. The first kappa shape index (κ1) is 22.7. The maximum Gasteiger partial charge on any atom is 0.408 e. The number of aliphatic carboxylic acids is 1. The number of rotatable bonds is 10. The molecule has 0 fully saturated rings. The molecule has 0 aliphatic heterocycles. The van der Waals surface area contributed by atoms with Crippen molar-refractivity contribution < 1.29 is 29.0 Å². The Morgan fingerprint density at radius 3 is 2.57 bits per heavy atom. The van der Waals surface area contributed by atoms with E-state index >= 15 is 0 Å². The highest BCUT2D eigenvalue weighted by Gasteiger charge is 2.23. The van der Waals surface area contributed by atoms with Gasteiger partial charge in [-0.15, -0.1) is 0 Å². The van der Waals surface area contributed by atoms with Crippen LogP contribution in [-0.2, 0) is 25.7 Å². The van der Waals surface area contributed by atoms with Gasteiger partial charge < -0.3 is 25.8 Å². The molecule has 1 unspecified atom stereocenters. The molecule has 4 N–H and O–H groups in total. The number of alkyl carbamates (subject to hydrolysis) is 1. The second-order valence-corrected chi connectivity index (χ2v) is 6.86. The van der Waals surface area contributed by atoms with Gasteiger partial charge in [-0.25, -0.2) is 9.78 Å². The highest BCUT2D eigenvalue weighted by Crippen LogP contribution is 2.11. The molecule has 2 aromatic rings. The number of nitrogens with zero attached hydrogens (tertiary/aromatic N) is 2. The molecule has 0 bridgehead atoms. The van der Waals surface area contributed by atoms with E-state index in [1.807, 2.05) is 6.07 Å². The molecular formula is C18H21N5O6S. The van der Waals surface area contributed by atoms with E-state index in [-0.39, 0.29) is 19.4 Å². The SMILES string of the molecule is Cc1nsc(NC(=O)CCC(NC(=O)OCc2ccccc2)C(=O)NCC(=O)O)n1. The Kier molecular flexibility index (Phi) is 8.69. The number of aromatic nitrogens is 2. The molecular weight excluding hydrogens is 414 g/mol. The van der Waals surface area contributed by atoms with Crippen molar-refractivity contribution in [3.63, 3.8) is 0 Å². The van der Waals surface area contributed by atoms with Crippen LogP contribution in [0, 0.1) is 6.92 Å². The van der Waals surface area contributed by atoms with Gasteiger partial charge in [-0.3, -0.25) is 14.4 Å². The van der Waals surface area contributed by atoms with E-state index in [0.717, 1.165) is 17.1 Å². The summed E-state index contributed by atoms with van der Waals surface area (Å²) in [6, 6.07) is 7.77. The fourth-order valence-electron chi connectivity index (χ4n) is 2.27. The van der Waals surface area contributed by atoms with Crippen molar-refractivity contribution in [3.05, 3.63) is 41.7 Å². The zero-order valence-electron chi connectivity index (χ0n) is 16.1. The van der Waals surface area contributed by atoms with Crippen LogP contribution in [0.25, 0.3) is 0 Å². The molecule has 160 valence electrons. The minimum atomic E-state index is -1.24. The van der Waals surface area contributed by atoms with E-state index in [1.54, 1.807) is 31.2 Å². The third kappa shape index (κ3) is 8.22. The standard InChI is InChI=1S/C18H21N5O6S/c1-11-20-17(30-23-11)22-14(24)8-7-13(16(27)19-9-15(25)26)21-18(28)29-10-12-5-3-2-4-6-12/h2-6,13H,7-10H2,1H3,(H,19,27)(H,21,28)(H,25,26)(H,20,22,23,24). The molecule has 30 heavy (non-hydrogen) atoms. The van der Waals surface area contributed by atoms with E-state index < -0.39 is 36.5 Å². The largest absolute Gasteiger partial charge is 0.480 e. The van der Waals surface area contributed by atoms with Crippen LogP contribution < -0.4 is 16.0 Å². The van der Waals surface area contributed by atoms with Crippen LogP contribution in [0.1, 0.15) is 24.2 Å². The summed E-state index contributed by atoms with van der Waals surface area (Å²) in [6.07, 6.45) is -1.06. The highest BCUT2D eigenvalue weighted by atomic mass is 32.1. The van der Waals surface area contributed by atoms with Gasteiger partial charge in [0.2, 0.25) is 16.9 Å². The van der Waals surface area contributed by atoms with Gasteiger partial charge in [0.05, 0.1) is 0 Å². The molecule has 0 spiro atoms. The number of amides is 3. The number of carboxylic acids is 1. The molecule has 1 aromatic carbocycles. The molecule has 11 nitrogen and oxygen atoms in total. The molecule has 0 aliphatic rings. The molecule has 0 radical (unpaired) electrons. The van der Waals surface area contributed by atoms with E-state index in [1.165, 1.54) is 0 Å². The van der Waals surface area contributed by atoms with Crippen molar-refractivity contribution in [2.45, 2.75) is 32.4 Å². The zero-order valence-corrected chi connectivity index (χ0v) is 16.9. The van der Waals surface area contributed by atoms with Crippen molar-refractivity contribution in [2.24, 2.45) is 0 Å². The topological polar surface area (TPSA) is 160 Å². The molecule has 1 heterocycles. The normalized spacial score (nSPS) is 11.2. The lowest BCUT2D eigenvalue weighted by Gasteiger charge is -2.17. The molecule has 0 saturated carbocycles. The molecule has 1 aromatic heterocycles. The number of benzene rings is 1. The number of hydrogen-bond acceptors (Lipinski definition) is 8. The number of anilines is 1. The second kappa shape index (κ2) is 11.5. The van der Waals surface area contributed by atoms with Crippen LogP contribution in [0.15, 0.2) is 30.3 Å². The van der Waals surface area contributed by atoms with Gasteiger partial charge in [-0.1, -0.05) is 30.3 Å². The molecule has 0 saturated heterocycles. The van der Waals surface area contributed by atoms with Crippen LogP contribution in [0.2, 0.25) is 0 Å². The number of nitrogens with one attached hydrogen (secondary N) is 3. The Morgan fingerprint density at radius 2 is 1.93 bits per heavy atom. The fourth-order valence-corrected chi connectivity index (χ4v) is 2.86. The summed E-state index contributed by atoms with van der Waals surface area (Å²) in [4.78, 5) is 51.0. The van der Waals surface area contributed by atoms with Crippen LogP contribution in [0.5, 0.6) is 0 Å². The Balaban J connectivity index is 1.89. The number of hydrogen-bond donors (Lipinski definition) is 4. The number of carboxylic acid groups (broad SMARTS) is 1. The van der Waals surface area contributed by atoms with E-state index in [9.17, 15) is 19.2 Å². The molecule has 2 rings (SSSR count). The minimum Gasteiger partial charge on any atom is -0.480 e. The smallest absolute Gasteiger partial charge is 0.408 e. The monoisotopic (exact) mass is 435 g/mol. The molecule has 1 atom stereocenters. The van der Waals surface area contributed by atoms with E-state index in [4.69, 9.17) is 9.84 Å². The van der Waals surface area contributed by atoms with Crippen LogP contribution in [0.4, 0.5) is 9.93 Å². The van der Waals surface area contributed by atoms with Gasteiger partial charge in [0.1, 0.15) is 25.0 Å². The predicted molar refractivity (Wildman–Crippen MR) is 107 cm³/mol. The lowest BCUT2D eigenvalue weighted by molar-refractivity contribution is -0.138. The van der Waals surface area contributed by atoms with Crippen molar-refractivity contribution in [3.8, 4) is 0 Å². The van der Waals surface area contributed by atoms with Crippen molar-refractivity contribution in [1.82, 2.24) is 20.0 Å². The summed E-state index contributed by atoms with van der Waals surface area (Å²) in [5.41, 5.74) is 0.756. The fraction of sp³-hybridized carbons (Fsp3) is 0.333. The summed E-state index contributed by atoms with van der Waals surface area (Å²) in [7, 11) is 0. The Morgan fingerprint density at radius 1 is 1.20 bits per heavy atom. The van der Waals surface area contributed by atoms with Crippen molar-refractivity contribution in [1.29, 1.82) is 0 Å². The third-order valence-electron chi connectivity index (χ3n) is 3.67. The predicted octanol–water partition coefficient (Wildman–Crippen LogP) is 1.06. The average Bonchev–Trinajstić information content (AvgIpc) is 3.12. The summed E-state index contributed by atoms with van der Waals surface area (Å²) >= 11 is 1.02. The zero-order chi connectivity index (χ0) is 21.9. The Hall–Kier alpha value is -3.54. The quantitative estimate of drug-likeness (QED) is 0.431. The van der Waals surface area contributed by atoms with Crippen molar-refractivity contribution in [2.75, 3.05) is 11.9 Å². The first-order valence-electron chi connectivity index (χ1n) is 8.90. The third-order valence-corrected chi connectivity index (χ3v) is 4.39. The number of carbonyl (C=O) groups is 4. The minimum absolute atomic E-state index is 0.00692. The summed E-state index contributed by atoms with van der Waals surface area (Å²) in [5.74, 6) is -1.89. The van der Waals surface area contributed by atoms with Gasteiger partial charge in [-0.05, 0) is 18.9 Å². The maximum absolute atomic E-state index is 12.2. The summed E-state index contributed by atoms with van der Waals surface area (Å²) in [6.45, 7) is 1.05. The number of ether oxygens (including phenoxy) is 1. The lowest BCUT2D eigenvalue weighted by Crippen LogP contribution is -2.48. The summed E-state index contributed by atoms with van der Waals surface area (Å²) < 4.78 is 9.02. The van der Waals surface area contributed by atoms with Gasteiger partial charge in [0, 0.05) is 18.0 Å². The van der Waals surface area contributed by atoms with Crippen LogP contribution >= 0.6 is 11.5 Å². The lowest BCUT2D eigenvalue weighted by atomic mass is 10.1. The van der Waals surface area contributed by atoms with Crippen molar-refractivity contribution >= 4 is 40.5 Å². The average molecular weight is 435 g/mol. The molecule has 0 aliphatic carbocycles. The highest BCUT2D eigenvalue weighted by molar-refractivity contribution is 7.09. The van der Waals surface area contributed by atoms with Crippen LogP contribution in [0.3, 0.4) is 0 Å². The molecule has 12 heteroatoms. The van der Waals surface area contributed by atoms with E-state index in [2.05, 4.69) is 25.3 Å². The number of aryl methyl sites for hydroxylation is 1. The Labute approximate surface area is 176 Å². The van der Waals surface area contributed by atoms with Gasteiger partial charge >= 0.3 is 12.1 Å². The van der Waals surface area contributed by atoms with E-state index in [0.29, 0.717) is 11.0 Å². The first-order valence-corrected chi connectivity index (χ1v) is 9.67. The summed E-state index contributed by atoms with van der Waals surface area (Å²) in [5, 5.41) is 16.1.